The summed E-state index contributed by atoms with van der Waals surface area (Å²) in [5.74, 6) is -1.37. The Morgan fingerprint density at radius 1 is 1.39 bits per heavy atom. The highest BCUT2D eigenvalue weighted by atomic mass is 16.4. The molecule has 0 aliphatic carbocycles. The second kappa shape index (κ2) is 8.55. The molecule has 0 fully saturated rings. The Kier molecular flexibility index (Phi) is 7.83. The van der Waals surface area contributed by atoms with Gasteiger partial charge in [0.15, 0.2) is 0 Å². The number of urea groups is 1. The average molecular weight is 256 g/mol. The second-order valence-corrected chi connectivity index (χ2v) is 4.48. The third kappa shape index (κ3) is 6.27. The zero-order valence-corrected chi connectivity index (χ0v) is 11.5. The fraction of sp³-hybridized carbons (Fsp3) is 0.692. The van der Waals surface area contributed by atoms with Gasteiger partial charge in [-0.1, -0.05) is 25.5 Å². The van der Waals surface area contributed by atoms with Gasteiger partial charge in [-0.3, -0.25) is 4.79 Å². The molecular weight excluding hydrogens is 232 g/mol. The van der Waals surface area contributed by atoms with E-state index in [2.05, 4.69) is 11.9 Å². The maximum atomic E-state index is 11.8. The number of carboxylic acid groups (broad SMARTS) is 1. The number of hydrogen-bond acceptors (Lipinski definition) is 2. The van der Waals surface area contributed by atoms with E-state index >= 15 is 0 Å². The van der Waals surface area contributed by atoms with E-state index in [1.165, 1.54) is 0 Å². The monoisotopic (exact) mass is 256 g/mol. The van der Waals surface area contributed by atoms with Crippen LogP contribution >= 0.6 is 0 Å². The Balaban J connectivity index is 4.27. The molecule has 0 saturated heterocycles. The van der Waals surface area contributed by atoms with Crippen LogP contribution in [0.1, 0.15) is 33.6 Å². The summed E-state index contributed by atoms with van der Waals surface area (Å²) in [5, 5.41) is 11.6. The van der Waals surface area contributed by atoms with Crippen LogP contribution in [0.15, 0.2) is 12.2 Å². The van der Waals surface area contributed by atoms with E-state index in [9.17, 15) is 9.59 Å². The van der Waals surface area contributed by atoms with E-state index < -0.39 is 11.9 Å². The molecule has 0 rings (SSSR count). The van der Waals surface area contributed by atoms with E-state index in [4.69, 9.17) is 5.11 Å². The van der Waals surface area contributed by atoms with Gasteiger partial charge >= 0.3 is 12.0 Å². The first-order chi connectivity index (χ1) is 8.42. The van der Waals surface area contributed by atoms with Gasteiger partial charge in [-0.05, 0) is 20.3 Å². The summed E-state index contributed by atoms with van der Waals surface area (Å²) in [7, 11) is 0. The maximum Gasteiger partial charge on any atom is 0.317 e. The number of nitrogens with zero attached hydrogens (tertiary/aromatic N) is 1. The van der Waals surface area contributed by atoms with Gasteiger partial charge in [-0.25, -0.2) is 4.79 Å². The molecule has 18 heavy (non-hydrogen) atoms. The summed E-state index contributed by atoms with van der Waals surface area (Å²) in [6.07, 6.45) is 1.36. The second-order valence-electron chi connectivity index (χ2n) is 4.48. The third-order valence-corrected chi connectivity index (χ3v) is 2.62. The minimum Gasteiger partial charge on any atom is -0.481 e. The maximum absolute atomic E-state index is 11.8. The van der Waals surface area contributed by atoms with Gasteiger partial charge in [0.05, 0.1) is 5.92 Å². The molecule has 0 aromatic rings. The predicted octanol–water partition coefficient (Wildman–Crippen LogP) is 2.09. The van der Waals surface area contributed by atoms with Gasteiger partial charge in [0, 0.05) is 19.6 Å². The molecule has 0 radical (unpaired) electrons. The molecule has 0 saturated carbocycles. The number of likely N-dealkylation sites (N-methyl/N-ethyl adjacent to an activating group) is 1. The SMILES string of the molecule is C=C(C)CN(CC)C(=O)NCC(CCC)C(=O)O. The molecule has 1 atom stereocenters. The minimum absolute atomic E-state index is 0.175. The number of rotatable bonds is 8. The number of amides is 2. The Labute approximate surface area is 109 Å². The lowest BCUT2D eigenvalue weighted by Crippen LogP contribution is -2.43. The summed E-state index contributed by atoms with van der Waals surface area (Å²) in [6, 6.07) is -0.233. The van der Waals surface area contributed by atoms with Gasteiger partial charge in [0.1, 0.15) is 0 Å². The highest BCUT2D eigenvalue weighted by Gasteiger charge is 2.19. The number of carboxylic acids is 1. The summed E-state index contributed by atoms with van der Waals surface area (Å²) in [5.41, 5.74) is 0.898. The molecule has 0 aromatic carbocycles. The van der Waals surface area contributed by atoms with Crippen LogP contribution in [0.25, 0.3) is 0 Å². The van der Waals surface area contributed by atoms with E-state index in [-0.39, 0.29) is 12.6 Å². The fourth-order valence-electron chi connectivity index (χ4n) is 1.64. The van der Waals surface area contributed by atoms with E-state index in [0.29, 0.717) is 19.5 Å². The van der Waals surface area contributed by atoms with Crippen molar-refractivity contribution in [2.24, 2.45) is 5.92 Å². The zero-order valence-electron chi connectivity index (χ0n) is 11.5. The molecular formula is C13H24N2O3. The fourth-order valence-corrected chi connectivity index (χ4v) is 1.64. The molecule has 2 N–H and O–H groups in total. The third-order valence-electron chi connectivity index (χ3n) is 2.62. The van der Waals surface area contributed by atoms with Crippen molar-refractivity contribution in [3.8, 4) is 0 Å². The lowest BCUT2D eigenvalue weighted by Gasteiger charge is -2.22. The molecule has 0 heterocycles. The number of nitrogens with one attached hydrogen (secondary N) is 1. The lowest BCUT2D eigenvalue weighted by molar-refractivity contribution is -0.141. The molecule has 5 heteroatoms. The normalized spacial score (nSPS) is 11.7. The first kappa shape index (κ1) is 16.5. The van der Waals surface area contributed by atoms with Gasteiger partial charge in [0.2, 0.25) is 0 Å². The predicted molar refractivity (Wildman–Crippen MR) is 71.5 cm³/mol. The van der Waals surface area contributed by atoms with Crippen molar-refractivity contribution < 1.29 is 14.7 Å². The number of aliphatic carboxylic acids is 1. The van der Waals surface area contributed by atoms with Gasteiger partial charge in [0.25, 0.3) is 0 Å². The van der Waals surface area contributed by atoms with Crippen molar-refractivity contribution in [3.05, 3.63) is 12.2 Å². The van der Waals surface area contributed by atoms with Crippen molar-refractivity contribution in [3.63, 3.8) is 0 Å². The van der Waals surface area contributed by atoms with Crippen LogP contribution in [0.2, 0.25) is 0 Å². The minimum atomic E-state index is -0.861. The van der Waals surface area contributed by atoms with E-state index in [0.717, 1.165) is 12.0 Å². The molecule has 5 nitrogen and oxygen atoms in total. The van der Waals surface area contributed by atoms with Crippen molar-refractivity contribution in [1.82, 2.24) is 10.2 Å². The zero-order chi connectivity index (χ0) is 14.1. The lowest BCUT2D eigenvalue weighted by atomic mass is 10.0. The molecule has 1 unspecified atom stereocenters. The van der Waals surface area contributed by atoms with Gasteiger partial charge in [-0.15, -0.1) is 0 Å². The molecule has 0 aromatic heterocycles. The van der Waals surface area contributed by atoms with Crippen LogP contribution in [0.3, 0.4) is 0 Å². The van der Waals surface area contributed by atoms with Crippen LogP contribution in [0, 0.1) is 5.92 Å². The number of carbonyl (C=O) groups excluding carboxylic acids is 1. The van der Waals surface area contributed by atoms with Crippen LogP contribution in [0.5, 0.6) is 0 Å². The summed E-state index contributed by atoms with van der Waals surface area (Å²) < 4.78 is 0. The van der Waals surface area contributed by atoms with Crippen LogP contribution in [0.4, 0.5) is 4.79 Å². The van der Waals surface area contributed by atoms with Crippen molar-refractivity contribution in [2.45, 2.75) is 33.6 Å². The molecule has 104 valence electrons. The average Bonchev–Trinajstić information content (AvgIpc) is 2.30. The Morgan fingerprint density at radius 3 is 2.39 bits per heavy atom. The van der Waals surface area contributed by atoms with Crippen LogP contribution in [-0.4, -0.2) is 41.6 Å². The summed E-state index contributed by atoms with van der Waals surface area (Å²) >= 11 is 0. The Bertz CT molecular complexity index is 303. The largest absolute Gasteiger partial charge is 0.481 e. The molecule has 0 bridgehead atoms. The quantitative estimate of drug-likeness (QED) is 0.653. The van der Waals surface area contributed by atoms with Crippen LogP contribution in [-0.2, 0) is 4.79 Å². The molecule has 0 aliphatic rings. The van der Waals surface area contributed by atoms with E-state index in [1.807, 2.05) is 20.8 Å². The van der Waals surface area contributed by atoms with E-state index in [1.54, 1.807) is 4.90 Å². The smallest absolute Gasteiger partial charge is 0.317 e. The van der Waals surface area contributed by atoms with Gasteiger partial charge in [-0.2, -0.15) is 0 Å². The Morgan fingerprint density at radius 2 is 2.00 bits per heavy atom. The Hall–Kier alpha value is -1.52. The highest BCUT2D eigenvalue weighted by molar-refractivity contribution is 5.76. The topological polar surface area (TPSA) is 69.6 Å². The number of carbonyl (C=O) groups is 2. The first-order valence-corrected chi connectivity index (χ1v) is 6.32. The standard InChI is InChI=1S/C13H24N2O3/c1-5-7-11(12(16)17)8-14-13(18)15(6-2)9-10(3)4/h11H,3,5-9H2,1-2,4H3,(H,14,18)(H,16,17). The van der Waals surface area contributed by atoms with Crippen molar-refractivity contribution in [2.75, 3.05) is 19.6 Å². The molecule has 0 spiro atoms. The number of hydrogen-bond donors (Lipinski definition) is 2. The first-order valence-electron chi connectivity index (χ1n) is 6.32. The molecule has 2 amide bonds. The summed E-state index contributed by atoms with van der Waals surface area (Å²) in [6.45, 7) is 10.7. The van der Waals surface area contributed by atoms with Crippen molar-refractivity contribution in [1.29, 1.82) is 0 Å². The highest BCUT2D eigenvalue weighted by Crippen LogP contribution is 2.05. The van der Waals surface area contributed by atoms with Crippen molar-refractivity contribution >= 4 is 12.0 Å². The van der Waals surface area contributed by atoms with Gasteiger partial charge < -0.3 is 15.3 Å². The van der Waals surface area contributed by atoms with Crippen LogP contribution < -0.4 is 5.32 Å². The molecule has 0 aliphatic heterocycles. The summed E-state index contributed by atoms with van der Waals surface area (Å²) in [4.78, 5) is 24.4.